The summed E-state index contributed by atoms with van der Waals surface area (Å²) in [5.74, 6) is 0.455. The van der Waals surface area contributed by atoms with Crippen LogP contribution in [0.3, 0.4) is 0 Å². The van der Waals surface area contributed by atoms with Crippen LogP contribution in [0.15, 0.2) is 46.7 Å². The number of carbonyl (C=O) groups excluding carboxylic acids is 1. The molecule has 1 amide bonds. The van der Waals surface area contributed by atoms with E-state index in [1.165, 1.54) is 25.5 Å². The molecule has 2 aromatic rings. The molecule has 9 heteroatoms. The lowest BCUT2D eigenvalue weighted by atomic mass is 9.93. The van der Waals surface area contributed by atoms with Gasteiger partial charge in [0.15, 0.2) is 23.3 Å². The van der Waals surface area contributed by atoms with E-state index in [0.717, 1.165) is 5.56 Å². The third kappa shape index (κ3) is 3.71. The number of carbonyl (C=O) groups is 1. The predicted octanol–water partition coefficient (Wildman–Crippen LogP) is 2.78. The third-order valence-electron chi connectivity index (χ3n) is 4.64. The first-order chi connectivity index (χ1) is 14.1. The van der Waals surface area contributed by atoms with Crippen LogP contribution in [0.4, 0.5) is 4.39 Å². The standard InChI is InChI=1S/C20H18FN3O5/c1-11-17(20(25)23-22-9-12-3-5-14(21)6-4-12)24-29-18(11)13-7-15(26-2)19-16(8-13)27-10-28-19/h3-9,11,18H,10H2,1-2H3,(H,23,25)/b22-9-/t11-,18+/m1/s1. The highest BCUT2D eigenvalue weighted by atomic mass is 19.1. The summed E-state index contributed by atoms with van der Waals surface area (Å²) in [5, 5.41) is 7.81. The molecule has 0 aromatic heterocycles. The summed E-state index contributed by atoms with van der Waals surface area (Å²) in [5.41, 5.74) is 4.02. The summed E-state index contributed by atoms with van der Waals surface area (Å²) in [6.45, 7) is 1.95. The van der Waals surface area contributed by atoms with Crippen LogP contribution in [0, 0.1) is 11.7 Å². The van der Waals surface area contributed by atoms with Crippen molar-refractivity contribution in [2.24, 2.45) is 16.2 Å². The number of nitrogens with zero attached hydrogens (tertiary/aromatic N) is 2. The molecule has 2 heterocycles. The first-order valence-corrected chi connectivity index (χ1v) is 8.87. The highest BCUT2D eigenvalue weighted by Gasteiger charge is 2.37. The average molecular weight is 399 g/mol. The molecular formula is C20H18FN3O5. The number of oxime groups is 1. The number of hydrazone groups is 1. The van der Waals surface area contributed by atoms with Gasteiger partial charge in [0.2, 0.25) is 12.5 Å². The van der Waals surface area contributed by atoms with Gasteiger partial charge in [-0.05, 0) is 29.8 Å². The number of nitrogens with one attached hydrogen (secondary N) is 1. The Bertz CT molecular complexity index is 990. The van der Waals surface area contributed by atoms with Crippen LogP contribution in [-0.4, -0.2) is 31.7 Å². The first-order valence-electron chi connectivity index (χ1n) is 8.87. The Balaban J connectivity index is 1.44. The van der Waals surface area contributed by atoms with Crippen LogP contribution in [0.25, 0.3) is 0 Å². The number of halogens is 1. The van der Waals surface area contributed by atoms with Crippen molar-refractivity contribution in [1.82, 2.24) is 5.43 Å². The van der Waals surface area contributed by atoms with Gasteiger partial charge in [0, 0.05) is 5.56 Å². The summed E-state index contributed by atoms with van der Waals surface area (Å²) < 4.78 is 29.1. The van der Waals surface area contributed by atoms with Crippen molar-refractivity contribution in [2.75, 3.05) is 13.9 Å². The van der Waals surface area contributed by atoms with Gasteiger partial charge in [0.05, 0.1) is 19.2 Å². The van der Waals surface area contributed by atoms with Gasteiger partial charge in [-0.3, -0.25) is 4.79 Å². The number of hydrogen-bond acceptors (Lipinski definition) is 7. The molecule has 0 fully saturated rings. The van der Waals surface area contributed by atoms with Gasteiger partial charge >= 0.3 is 0 Å². The zero-order valence-corrected chi connectivity index (χ0v) is 15.7. The molecule has 0 saturated carbocycles. The number of methoxy groups -OCH3 is 1. The molecule has 2 aromatic carbocycles. The minimum absolute atomic E-state index is 0.117. The lowest BCUT2D eigenvalue weighted by molar-refractivity contribution is -0.115. The second-order valence-corrected chi connectivity index (χ2v) is 6.50. The summed E-state index contributed by atoms with van der Waals surface area (Å²) in [6.07, 6.45) is 0.929. The van der Waals surface area contributed by atoms with Crippen LogP contribution in [0.1, 0.15) is 24.2 Å². The number of benzene rings is 2. The molecular weight excluding hydrogens is 381 g/mol. The molecule has 8 nitrogen and oxygen atoms in total. The summed E-state index contributed by atoms with van der Waals surface area (Å²) in [4.78, 5) is 17.9. The molecule has 0 unspecified atom stereocenters. The Morgan fingerprint density at radius 2 is 2.10 bits per heavy atom. The summed E-state index contributed by atoms with van der Waals surface area (Å²) in [7, 11) is 1.54. The van der Waals surface area contributed by atoms with Crippen molar-refractivity contribution >= 4 is 17.8 Å². The number of rotatable bonds is 5. The summed E-state index contributed by atoms with van der Waals surface area (Å²) >= 11 is 0. The van der Waals surface area contributed by atoms with E-state index in [9.17, 15) is 9.18 Å². The van der Waals surface area contributed by atoms with Crippen molar-refractivity contribution in [3.63, 3.8) is 0 Å². The van der Waals surface area contributed by atoms with Crippen LogP contribution >= 0.6 is 0 Å². The monoisotopic (exact) mass is 399 g/mol. The minimum Gasteiger partial charge on any atom is -0.493 e. The highest BCUT2D eigenvalue weighted by Crippen LogP contribution is 2.45. The molecule has 4 rings (SSSR count). The largest absolute Gasteiger partial charge is 0.493 e. The van der Waals surface area contributed by atoms with Gasteiger partial charge in [0.25, 0.3) is 5.91 Å². The molecule has 2 aliphatic heterocycles. The van der Waals surface area contributed by atoms with Crippen LogP contribution in [0.2, 0.25) is 0 Å². The molecule has 0 spiro atoms. The fourth-order valence-electron chi connectivity index (χ4n) is 3.11. The molecule has 2 atom stereocenters. The van der Waals surface area contributed by atoms with Gasteiger partial charge in [-0.2, -0.15) is 5.10 Å². The van der Waals surface area contributed by atoms with E-state index in [1.54, 1.807) is 24.3 Å². The maximum atomic E-state index is 12.9. The van der Waals surface area contributed by atoms with E-state index >= 15 is 0 Å². The predicted molar refractivity (Wildman–Crippen MR) is 102 cm³/mol. The third-order valence-corrected chi connectivity index (χ3v) is 4.64. The van der Waals surface area contributed by atoms with E-state index in [2.05, 4.69) is 15.7 Å². The second-order valence-electron chi connectivity index (χ2n) is 6.50. The fraction of sp³-hybridized carbons (Fsp3) is 0.250. The Morgan fingerprint density at radius 1 is 1.31 bits per heavy atom. The number of fused-ring (bicyclic) bond motifs is 1. The van der Waals surface area contributed by atoms with Crippen molar-refractivity contribution in [3.8, 4) is 17.2 Å². The van der Waals surface area contributed by atoms with Crippen molar-refractivity contribution in [2.45, 2.75) is 13.0 Å². The van der Waals surface area contributed by atoms with E-state index in [0.29, 0.717) is 22.8 Å². The Kier molecular flexibility index (Phi) is 5.03. The smallest absolute Gasteiger partial charge is 0.289 e. The Labute approximate surface area is 165 Å². The molecule has 0 radical (unpaired) electrons. The maximum absolute atomic E-state index is 12.9. The van der Waals surface area contributed by atoms with Crippen LogP contribution < -0.4 is 19.6 Å². The maximum Gasteiger partial charge on any atom is 0.289 e. The molecule has 0 bridgehead atoms. The molecule has 1 N–H and O–H groups in total. The first kappa shape index (κ1) is 18.7. The average Bonchev–Trinajstić information content (AvgIpc) is 3.35. The molecule has 0 saturated heterocycles. The van der Waals surface area contributed by atoms with E-state index in [1.807, 2.05) is 6.92 Å². The second kappa shape index (κ2) is 7.78. The minimum atomic E-state index is -0.486. The molecule has 0 aliphatic carbocycles. The zero-order chi connectivity index (χ0) is 20.4. The van der Waals surface area contributed by atoms with E-state index < -0.39 is 12.0 Å². The lowest BCUT2D eigenvalue weighted by Gasteiger charge is -2.16. The summed E-state index contributed by atoms with van der Waals surface area (Å²) in [6, 6.07) is 9.28. The van der Waals surface area contributed by atoms with Crippen molar-refractivity contribution in [1.29, 1.82) is 0 Å². The Morgan fingerprint density at radius 3 is 2.86 bits per heavy atom. The topological polar surface area (TPSA) is 90.7 Å². The van der Waals surface area contributed by atoms with Crippen LogP contribution in [0.5, 0.6) is 17.2 Å². The van der Waals surface area contributed by atoms with Crippen molar-refractivity contribution in [3.05, 3.63) is 53.3 Å². The number of hydrogen-bond donors (Lipinski definition) is 1. The zero-order valence-electron chi connectivity index (χ0n) is 15.7. The quantitative estimate of drug-likeness (QED) is 0.617. The molecule has 2 aliphatic rings. The SMILES string of the molecule is COc1cc([C@H]2ON=C(C(=O)N/N=C\c3ccc(F)cc3)[C@H]2C)cc2c1OCO2. The lowest BCUT2D eigenvalue weighted by Crippen LogP contribution is -2.31. The van der Waals surface area contributed by atoms with Crippen molar-refractivity contribution < 1.29 is 28.2 Å². The highest BCUT2D eigenvalue weighted by molar-refractivity contribution is 6.39. The van der Waals surface area contributed by atoms with Crippen LogP contribution in [-0.2, 0) is 9.63 Å². The normalized spacial score (nSPS) is 19.8. The van der Waals surface area contributed by atoms with Gasteiger partial charge in [-0.1, -0.05) is 24.2 Å². The number of ether oxygens (including phenoxy) is 3. The van der Waals surface area contributed by atoms with Gasteiger partial charge in [-0.15, -0.1) is 0 Å². The number of amides is 1. The molecule has 150 valence electrons. The van der Waals surface area contributed by atoms with Gasteiger partial charge in [0.1, 0.15) is 5.82 Å². The molecule has 29 heavy (non-hydrogen) atoms. The van der Waals surface area contributed by atoms with E-state index in [4.69, 9.17) is 19.0 Å². The fourth-order valence-corrected chi connectivity index (χ4v) is 3.11. The van der Waals surface area contributed by atoms with Gasteiger partial charge in [-0.25, -0.2) is 9.82 Å². The van der Waals surface area contributed by atoms with Gasteiger partial charge < -0.3 is 19.0 Å². The Hall–Kier alpha value is -3.62. The van der Waals surface area contributed by atoms with E-state index in [-0.39, 0.29) is 24.2 Å².